The third-order valence-corrected chi connectivity index (χ3v) is 2.05. The van der Waals surface area contributed by atoms with Crippen LogP contribution in [0.4, 0.5) is 5.69 Å². The van der Waals surface area contributed by atoms with Crippen LogP contribution in [0.25, 0.3) is 0 Å². The van der Waals surface area contributed by atoms with E-state index in [1.165, 1.54) is 32.4 Å². The lowest BCUT2D eigenvalue weighted by atomic mass is 10.3. The van der Waals surface area contributed by atoms with E-state index >= 15 is 0 Å². The number of rotatable bonds is 7. The molecular weight excluding hydrogens is 242 g/mol. The zero-order valence-electron chi connectivity index (χ0n) is 10.0. The molecular formula is C11H13NO6. The summed E-state index contributed by atoms with van der Waals surface area (Å²) >= 11 is 0. The lowest BCUT2D eigenvalue weighted by Crippen LogP contribution is -2.16. The molecule has 1 aromatic rings. The number of hydrogen-bond acceptors (Lipinski definition) is 6. The van der Waals surface area contributed by atoms with Crippen molar-refractivity contribution in [2.75, 3.05) is 27.4 Å². The Labute approximate surface area is 103 Å². The van der Waals surface area contributed by atoms with Gasteiger partial charge in [0.05, 0.1) is 18.1 Å². The standard InChI is InChI=1S/C11H13NO6/c1-16-6-9(13)7-18-10-4-3-8(12(14)15)5-11(10)17-2/h3-5H,6-7H2,1-2H3. The van der Waals surface area contributed by atoms with Crippen molar-refractivity contribution in [3.63, 3.8) is 0 Å². The van der Waals surface area contributed by atoms with E-state index in [4.69, 9.17) is 9.47 Å². The van der Waals surface area contributed by atoms with Gasteiger partial charge in [0.25, 0.3) is 5.69 Å². The van der Waals surface area contributed by atoms with E-state index in [0.29, 0.717) is 0 Å². The Bertz CT molecular complexity index is 445. The SMILES string of the molecule is COCC(=O)COc1ccc([N+](=O)[O-])cc1OC. The molecule has 18 heavy (non-hydrogen) atoms. The third-order valence-electron chi connectivity index (χ3n) is 2.05. The predicted molar refractivity (Wildman–Crippen MR) is 62.0 cm³/mol. The van der Waals surface area contributed by atoms with Crippen molar-refractivity contribution in [2.45, 2.75) is 0 Å². The van der Waals surface area contributed by atoms with Crippen LogP contribution in [0, 0.1) is 10.1 Å². The molecule has 0 radical (unpaired) electrons. The second kappa shape index (κ2) is 6.55. The molecule has 0 heterocycles. The highest BCUT2D eigenvalue weighted by atomic mass is 16.6. The van der Waals surface area contributed by atoms with Gasteiger partial charge in [0.1, 0.15) is 13.2 Å². The molecule has 0 unspecified atom stereocenters. The Morgan fingerprint density at radius 2 is 2.00 bits per heavy atom. The van der Waals surface area contributed by atoms with Crippen molar-refractivity contribution in [3.05, 3.63) is 28.3 Å². The van der Waals surface area contributed by atoms with Gasteiger partial charge in [-0.1, -0.05) is 0 Å². The van der Waals surface area contributed by atoms with Crippen molar-refractivity contribution in [2.24, 2.45) is 0 Å². The highest BCUT2D eigenvalue weighted by molar-refractivity contribution is 5.81. The zero-order chi connectivity index (χ0) is 13.5. The molecule has 0 aliphatic carbocycles. The minimum Gasteiger partial charge on any atom is -0.493 e. The van der Waals surface area contributed by atoms with E-state index in [1.807, 2.05) is 0 Å². The molecule has 0 amide bonds. The van der Waals surface area contributed by atoms with Crippen LogP contribution < -0.4 is 9.47 Å². The van der Waals surface area contributed by atoms with Crippen LogP contribution in [0.5, 0.6) is 11.5 Å². The van der Waals surface area contributed by atoms with Crippen molar-refractivity contribution in [3.8, 4) is 11.5 Å². The summed E-state index contributed by atoms with van der Waals surface area (Å²) in [6.45, 7) is -0.225. The molecule has 1 aromatic carbocycles. The number of Topliss-reactive ketones (excluding diaryl/α,β-unsaturated/α-hetero) is 1. The third kappa shape index (κ3) is 3.70. The largest absolute Gasteiger partial charge is 0.493 e. The number of ketones is 1. The van der Waals surface area contributed by atoms with Gasteiger partial charge in [-0.25, -0.2) is 0 Å². The van der Waals surface area contributed by atoms with Gasteiger partial charge in [-0.15, -0.1) is 0 Å². The Morgan fingerprint density at radius 3 is 2.56 bits per heavy atom. The smallest absolute Gasteiger partial charge is 0.273 e. The molecule has 0 saturated carbocycles. The number of carbonyl (C=O) groups is 1. The maximum absolute atomic E-state index is 11.2. The first-order valence-electron chi connectivity index (χ1n) is 5.04. The van der Waals surface area contributed by atoms with Gasteiger partial charge in [-0.3, -0.25) is 14.9 Å². The lowest BCUT2D eigenvalue weighted by Gasteiger charge is -2.09. The van der Waals surface area contributed by atoms with Gasteiger partial charge in [-0.05, 0) is 6.07 Å². The van der Waals surface area contributed by atoms with Crippen molar-refractivity contribution in [1.29, 1.82) is 0 Å². The maximum atomic E-state index is 11.2. The van der Waals surface area contributed by atoms with Crippen LogP contribution in [-0.2, 0) is 9.53 Å². The van der Waals surface area contributed by atoms with Crippen LogP contribution in [0.3, 0.4) is 0 Å². The van der Waals surface area contributed by atoms with E-state index < -0.39 is 4.92 Å². The Balaban J connectivity index is 2.76. The van der Waals surface area contributed by atoms with Gasteiger partial charge < -0.3 is 14.2 Å². The van der Waals surface area contributed by atoms with Gasteiger partial charge in [0, 0.05) is 13.2 Å². The summed E-state index contributed by atoms with van der Waals surface area (Å²) in [5.41, 5.74) is -0.109. The maximum Gasteiger partial charge on any atom is 0.273 e. The highest BCUT2D eigenvalue weighted by Crippen LogP contribution is 2.30. The molecule has 0 aliphatic rings. The summed E-state index contributed by atoms with van der Waals surface area (Å²) in [6, 6.07) is 3.89. The molecule has 0 N–H and O–H groups in total. The summed E-state index contributed by atoms with van der Waals surface area (Å²) in [7, 11) is 2.77. The van der Waals surface area contributed by atoms with Crippen LogP contribution in [0.1, 0.15) is 0 Å². The van der Waals surface area contributed by atoms with Crippen molar-refractivity contribution in [1.82, 2.24) is 0 Å². The number of hydrogen-bond donors (Lipinski definition) is 0. The number of nitro groups is 1. The molecule has 7 nitrogen and oxygen atoms in total. The van der Waals surface area contributed by atoms with Gasteiger partial charge in [-0.2, -0.15) is 0 Å². The lowest BCUT2D eigenvalue weighted by molar-refractivity contribution is -0.384. The number of nitro benzene ring substituents is 1. The van der Waals surface area contributed by atoms with E-state index in [2.05, 4.69) is 4.74 Å². The minimum atomic E-state index is -0.539. The Hall–Kier alpha value is -2.15. The van der Waals surface area contributed by atoms with Gasteiger partial charge in [0.2, 0.25) is 0 Å². The van der Waals surface area contributed by atoms with Gasteiger partial charge in [0.15, 0.2) is 17.3 Å². The number of benzene rings is 1. The second-order valence-corrected chi connectivity index (χ2v) is 3.35. The summed E-state index contributed by atoms with van der Waals surface area (Å²) < 4.78 is 14.8. The van der Waals surface area contributed by atoms with Gasteiger partial charge >= 0.3 is 0 Å². The van der Waals surface area contributed by atoms with E-state index in [1.54, 1.807) is 0 Å². The van der Waals surface area contributed by atoms with E-state index in [-0.39, 0.29) is 36.2 Å². The average Bonchev–Trinajstić information content (AvgIpc) is 2.36. The molecule has 0 aromatic heterocycles. The molecule has 0 bridgehead atoms. The van der Waals surface area contributed by atoms with Crippen molar-refractivity contribution >= 4 is 11.5 Å². The van der Waals surface area contributed by atoms with Crippen LogP contribution in [0.2, 0.25) is 0 Å². The first kappa shape index (κ1) is 13.9. The number of nitrogens with zero attached hydrogens (tertiary/aromatic N) is 1. The molecule has 7 heteroatoms. The Kier molecular flexibility index (Phi) is 5.06. The molecule has 0 atom stereocenters. The molecule has 1 rings (SSSR count). The van der Waals surface area contributed by atoms with E-state index in [0.717, 1.165) is 0 Å². The first-order chi connectivity index (χ1) is 8.58. The van der Waals surface area contributed by atoms with Crippen LogP contribution in [0.15, 0.2) is 18.2 Å². The summed E-state index contributed by atoms with van der Waals surface area (Å²) in [4.78, 5) is 21.2. The first-order valence-corrected chi connectivity index (χ1v) is 5.04. The fraction of sp³-hybridized carbons (Fsp3) is 0.364. The fourth-order valence-electron chi connectivity index (χ4n) is 1.25. The normalized spacial score (nSPS) is 9.89. The fourth-order valence-corrected chi connectivity index (χ4v) is 1.25. The summed E-state index contributed by atoms with van der Waals surface area (Å²) in [5, 5.41) is 10.6. The molecule has 98 valence electrons. The second-order valence-electron chi connectivity index (χ2n) is 3.35. The van der Waals surface area contributed by atoms with Crippen LogP contribution in [-0.4, -0.2) is 38.1 Å². The van der Waals surface area contributed by atoms with Crippen LogP contribution >= 0.6 is 0 Å². The number of non-ortho nitro benzene ring substituents is 1. The number of carbonyl (C=O) groups excluding carboxylic acids is 1. The molecule has 0 aliphatic heterocycles. The summed E-state index contributed by atoms with van der Waals surface area (Å²) in [6.07, 6.45) is 0. The Morgan fingerprint density at radius 1 is 1.28 bits per heavy atom. The predicted octanol–water partition coefficient (Wildman–Crippen LogP) is 1.20. The van der Waals surface area contributed by atoms with E-state index in [9.17, 15) is 14.9 Å². The number of ether oxygens (including phenoxy) is 3. The highest BCUT2D eigenvalue weighted by Gasteiger charge is 2.13. The summed E-state index contributed by atoms with van der Waals surface area (Å²) in [5.74, 6) is 0.236. The minimum absolute atomic E-state index is 0.0463. The zero-order valence-corrected chi connectivity index (χ0v) is 10.0. The molecule has 0 saturated heterocycles. The average molecular weight is 255 g/mol. The monoisotopic (exact) mass is 255 g/mol. The molecule has 0 fully saturated rings. The van der Waals surface area contributed by atoms with Crippen molar-refractivity contribution < 1.29 is 23.9 Å². The number of methoxy groups -OCH3 is 2. The topological polar surface area (TPSA) is 87.9 Å². The molecule has 0 spiro atoms. The quantitative estimate of drug-likeness (QED) is 0.537.